The zero-order chi connectivity index (χ0) is 96.7. The summed E-state index contributed by atoms with van der Waals surface area (Å²) in [5.41, 5.74) is 12.4. The van der Waals surface area contributed by atoms with Gasteiger partial charge >= 0.3 is 11.9 Å². The molecule has 3 fully saturated rings. The number of ketones is 1. The van der Waals surface area contributed by atoms with Crippen LogP contribution in [-0.4, -0.2) is 225 Å². The predicted molar refractivity (Wildman–Crippen MR) is 505 cm³/mol. The summed E-state index contributed by atoms with van der Waals surface area (Å²) in [6.45, 7) is 9.20. The molecule has 12 aromatic rings. The number of nitrogens with zero attached hydrogens (tertiary/aromatic N) is 12. The molecule has 3 saturated heterocycles. The third kappa shape index (κ3) is 25.0. The molecule has 0 radical (unpaired) electrons. The van der Waals surface area contributed by atoms with Crippen LogP contribution in [0.25, 0.3) is 63.4 Å². The molecule has 0 unspecified atom stereocenters. The summed E-state index contributed by atoms with van der Waals surface area (Å²) in [6, 6.07) is 49.0. The number of aliphatic hydroxyl groups excluding tert-OH is 2. The van der Waals surface area contributed by atoms with Crippen LogP contribution in [0, 0.1) is 17.2 Å². The molecule has 6 aromatic heterocycles. The second kappa shape index (κ2) is 46.6. The fourth-order valence-electron chi connectivity index (χ4n) is 14.6. The van der Waals surface area contributed by atoms with Crippen molar-refractivity contribution in [1.29, 1.82) is 5.26 Å². The summed E-state index contributed by atoms with van der Waals surface area (Å²) in [6.07, 6.45) is 9.80. The number of carbonyl (C=O) groups is 7. The van der Waals surface area contributed by atoms with Gasteiger partial charge in [0.2, 0.25) is 0 Å². The van der Waals surface area contributed by atoms with Gasteiger partial charge in [0, 0.05) is 95.0 Å². The van der Waals surface area contributed by atoms with Crippen LogP contribution in [0.2, 0.25) is 15.1 Å². The topological polar surface area (TPSA) is 464 Å². The van der Waals surface area contributed by atoms with Crippen molar-refractivity contribution < 1.29 is 91.0 Å². The average Bonchev–Trinajstić information content (AvgIpc) is 1.73. The number of rotatable bonds is 23. The van der Waals surface area contributed by atoms with E-state index in [1.165, 1.54) is 48.6 Å². The predicted octanol–water partition coefficient (Wildman–Crippen LogP) is 12.6. The zero-order valence-corrected chi connectivity index (χ0v) is 76.7. The van der Waals surface area contributed by atoms with E-state index in [0.717, 1.165) is 17.0 Å². The van der Waals surface area contributed by atoms with E-state index in [9.17, 15) is 53.8 Å². The van der Waals surface area contributed by atoms with Crippen molar-refractivity contribution in [2.75, 3.05) is 104 Å². The Hall–Kier alpha value is -14.7. The summed E-state index contributed by atoms with van der Waals surface area (Å²) in [4.78, 5) is 123. The Kier molecular flexibility index (Phi) is 34.3. The maximum Gasteiger partial charge on any atom is 0.339 e. The lowest BCUT2D eigenvalue weighted by Gasteiger charge is -2.29. The van der Waals surface area contributed by atoms with E-state index < -0.39 is 54.1 Å². The van der Waals surface area contributed by atoms with Crippen molar-refractivity contribution in [3.63, 3.8) is 0 Å². The van der Waals surface area contributed by atoms with E-state index in [1.807, 2.05) is 79.3 Å². The number of anilines is 2. The van der Waals surface area contributed by atoms with Gasteiger partial charge < -0.3 is 88.1 Å². The zero-order valence-electron chi connectivity index (χ0n) is 74.4. The summed E-state index contributed by atoms with van der Waals surface area (Å²) in [5.74, 6) is -0.199. The van der Waals surface area contributed by atoms with Gasteiger partial charge in [-0.25, -0.2) is 29.5 Å². The number of fused-ring (bicyclic) bond motifs is 2. The molecule has 135 heavy (non-hydrogen) atoms. The number of carboxylic acid groups (broad SMARTS) is 1. The quantitative estimate of drug-likeness (QED) is 0.00595. The third-order valence-electron chi connectivity index (χ3n) is 21.4. The second-order valence-electron chi connectivity index (χ2n) is 31.3. The third-order valence-corrected chi connectivity index (χ3v) is 22.3. The molecule has 8 N–H and O–H groups in total. The first-order valence-corrected chi connectivity index (χ1v) is 43.4. The number of nitriles is 1. The number of carboxylic acids is 1. The van der Waals surface area contributed by atoms with Gasteiger partial charge in [0.1, 0.15) is 70.2 Å². The number of ether oxygens (including phenoxy) is 5. The Bertz CT molecular complexity index is 6490. The van der Waals surface area contributed by atoms with Crippen LogP contribution >= 0.6 is 34.8 Å². The minimum atomic E-state index is -1.07. The van der Waals surface area contributed by atoms with Gasteiger partial charge in [-0.1, -0.05) is 82.4 Å². The van der Waals surface area contributed by atoms with Gasteiger partial charge in [0.25, 0.3) is 29.2 Å². The standard InChI is InChI=1S/C23H30N6O5.C22H17ClN2O5.C21H14N2O4.C18H18N2O4.C13H17Cl2N3O2/c1-28(2)21-19-22(26-11-25-21)29(12-27-19)23-20(32)15(18(10-30)34-23)9-17(31)16(24)8-13-4-6-14(33-3)7-5-13;1-11(2)29-22(28)16-8-13(4-6-18(16)23)19-7-5-14(30-19)9-15-12(3)17(10-24)21(27)25-20(15)26;24-20-17-5-1-2-6-18(17)22-19(12-11-16-4-3-13-27-16)23(20)15-9-7-14(8-10-15)21(25)26;21-17(14-5-2-1-3-6-14)19-16(13-15-7-4-10-24-15)18(22)20-8-11-23-12-9-20;1-17(2)12-10(14)7-9(8-11(12)15)13(16-19)18-3-5-20-6-4-18/h4-7,11-12,15-16,18,20,23,30,32H,8-10,24H2,1-3H3;4-9,11H,1-3H3,(H,25,26,27);1-13H,(H,25,26);1-7,10,13H,8-9,11-12H2,(H,19,21);7-8,19H,3-6H2,1-2H3/b;15-9+;12-11+;2*16-13-/t15-,16+,18+,20-,23+;;;;/m0..../s1. The van der Waals surface area contributed by atoms with Gasteiger partial charge in [0.05, 0.1) is 126 Å². The lowest BCUT2D eigenvalue weighted by atomic mass is 9.89. The molecule has 0 spiro atoms. The Morgan fingerprint density at radius 1 is 0.741 bits per heavy atom. The number of para-hydroxylation sites is 1. The highest BCUT2D eigenvalue weighted by molar-refractivity contribution is 6.40. The molecular weight excluding hydrogens is 1800 g/mol. The molecule has 0 aliphatic carbocycles. The highest BCUT2D eigenvalue weighted by Crippen LogP contribution is 2.40. The number of oxime groups is 1. The van der Waals surface area contributed by atoms with Crippen molar-refractivity contribution in [3.8, 4) is 28.8 Å². The summed E-state index contributed by atoms with van der Waals surface area (Å²) in [7, 11) is 9.02. The summed E-state index contributed by atoms with van der Waals surface area (Å²) >= 11 is 18.7. The molecule has 16 rings (SSSR count). The van der Waals surface area contributed by atoms with Crippen molar-refractivity contribution >= 4 is 140 Å². The van der Waals surface area contributed by atoms with E-state index in [4.69, 9.17) is 87.8 Å². The molecule has 4 amide bonds. The number of imidazole rings is 1. The number of Topliss-reactive ketones (excluding diaryl/α,β-unsaturated/α-hetero) is 1. The molecular formula is C97H96Cl3N15O20. The first-order chi connectivity index (χ1) is 64.9. The van der Waals surface area contributed by atoms with Crippen molar-refractivity contribution in [2.24, 2.45) is 16.8 Å². The number of hydrogen-bond acceptors (Lipinski definition) is 28. The monoisotopic (exact) mass is 1900 g/mol. The summed E-state index contributed by atoms with van der Waals surface area (Å²) < 4.78 is 46.3. The van der Waals surface area contributed by atoms with Gasteiger partial charge in [-0.3, -0.25) is 43.2 Å². The number of carbonyl (C=O) groups excluding carboxylic acids is 6. The van der Waals surface area contributed by atoms with E-state index in [-0.39, 0.29) is 80.9 Å². The number of morpholine rings is 2. The molecule has 35 nitrogen and oxygen atoms in total. The van der Waals surface area contributed by atoms with Gasteiger partial charge in [0.15, 0.2) is 29.0 Å². The number of halogens is 3. The lowest BCUT2D eigenvalue weighted by Crippen LogP contribution is -2.44. The van der Waals surface area contributed by atoms with Crippen molar-refractivity contribution in [3.05, 3.63) is 294 Å². The van der Waals surface area contributed by atoms with Gasteiger partial charge in [-0.05, 0) is 184 Å². The SMILES string of the molecule is CC1=C(C#N)C(=O)NC(=O)/C1=C/c1ccc(-c2ccc(Cl)c(C(=O)OC(C)C)c2)o1.CN(C)c1c(Cl)cc(/C(=N/O)N2CCOCC2)cc1Cl.COc1ccc(C[C@@H](N)C(=O)C[C@@H]2[C@H](O)[C@H](n3cnc4c(N(C)C)ncnc43)O[C@@H]2CO)cc1.O=C(N/C(=C\c1ccco1)C(=O)N1CCOCC1)c1ccccc1.O=C(O)c1ccc(-n2c(/C=C/c3ccco3)nc3ccccc3c2=O)cc1. The maximum atomic E-state index is 13.1. The lowest BCUT2D eigenvalue weighted by molar-refractivity contribution is -0.131. The normalized spacial score (nSPS) is 16.7. The minimum absolute atomic E-state index is 0.0230. The average molecular weight is 1900 g/mol. The van der Waals surface area contributed by atoms with Crippen molar-refractivity contribution in [1.82, 2.24) is 49.5 Å². The number of nitrogens with two attached hydrogens (primary N) is 1. The number of aromatic carboxylic acids is 1. The van der Waals surface area contributed by atoms with Gasteiger partial charge in [-0.2, -0.15) is 5.26 Å². The van der Waals surface area contributed by atoms with Crippen LogP contribution < -0.4 is 36.5 Å². The number of aliphatic hydroxyl groups is 2. The molecule has 6 aromatic carbocycles. The first kappa shape index (κ1) is 99.3. The van der Waals surface area contributed by atoms with E-state index >= 15 is 0 Å². The number of amidine groups is 1. The van der Waals surface area contributed by atoms with Crippen LogP contribution in [0.1, 0.15) is 98.7 Å². The van der Waals surface area contributed by atoms with Gasteiger partial charge in [-0.15, -0.1) is 0 Å². The first-order valence-electron chi connectivity index (χ1n) is 42.2. The Labute approximate surface area is 789 Å². The highest BCUT2D eigenvalue weighted by atomic mass is 35.5. The number of methoxy groups -OCH3 is 1. The number of amides is 4. The number of nitrogens with one attached hydrogen (secondary N) is 2. The van der Waals surface area contributed by atoms with E-state index in [0.29, 0.717) is 154 Å². The largest absolute Gasteiger partial charge is 0.497 e. The molecule has 0 bridgehead atoms. The number of aromatic nitrogens is 6. The molecule has 38 heteroatoms. The number of esters is 1. The second-order valence-corrected chi connectivity index (χ2v) is 32.5. The van der Waals surface area contributed by atoms with Crippen LogP contribution in [0.3, 0.4) is 0 Å². The Balaban J connectivity index is 0.000000153. The molecule has 0 saturated carbocycles. The Morgan fingerprint density at radius 3 is 2.01 bits per heavy atom. The van der Waals surface area contributed by atoms with Crippen molar-refractivity contribution in [2.45, 2.75) is 64.2 Å². The van der Waals surface area contributed by atoms with Crippen LogP contribution in [-0.2, 0) is 44.5 Å². The van der Waals surface area contributed by atoms with E-state index in [2.05, 4.69) is 35.7 Å². The maximum absolute atomic E-state index is 13.1. The van der Waals surface area contributed by atoms with Crippen LogP contribution in [0.15, 0.2) is 241 Å². The van der Waals surface area contributed by atoms with Crippen LogP contribution in [0.5, 0.6) is 5.75 Å². The molecule has 5 atom stereocenters. The smallest absolute Gasteiger partial charge is 0.339 e. The Morgan fingerprint density at radius 2 is 1.40 bits per heavy atom. The fraction of sp³-hybridized carbons (Fsp3) is 0.258. The highest BCUT2D eigenvalue weighted by Gasteiger charge is 2.46. The number of furan rings is 3. The molecule has 4 aliphatic rings. The number of hydrogen-bond donors (Lipinski definition) is 7. The molecule has 4 aliphatic heterocycles. The number of imide groups is 1. The molecule has 700 valence electrons. The van der Waals surface area contributed by atoms with Crippen LogP contribution in [0.4, 0.5) is 11.5 Å². The summed E-state index contributed by atoms with van der Waals surface area (Å²) in [5, 5.41) is 58.5. The minimum Gasteiger partial charge on any atom is -0.497 e. The molecule has 10 heterocycles. The van der Waals surface area contributed by atoms with E-state index in [1.54, 1.807) is 182 Å². The fourth-order valence-corrected chi connectivity index (χ4v) is 15.6. The number of benzene rings is 6.